The molecule has 0 unspecified atom stereocenters. The van der Waals surface area contributed by atoms with E-state index in [-0.39, 0.29) is 12.5 Å². The first-order valence-electron chi connectivity index (χ1n) is 10.6. The van der Waals surface area contributed by atoms with Crippen molar-refractivity contribution in [1.82, 2.24) is 10.6 Å². The zero-order valence-corrected chi connectivity index (χ0v) is 19.1. The summed E-state index contributed by atoms with van der Waals surface area (Å²) in [5.74, 6) is -2.19. The molecule has 0 fully saturated rings. The van der Waals surface area contributed by atoms with Crippen molar-refractivity contribution < 1.29 is 14.4 Å². The number of nitrogens with zero attached hydrogens (tertiary/aromatic N) is 1. The maximum atomic E-state index is 13.3. The largest absolute Gasteiger partial charge is 0.351 e. The van der Waals surface area contributed by atoms with Gasteiger partial charge in [-0.15, -0.1) is 0 Å². The predicted molar refractivity (Wildman–Crippen MR) is 129 cm³/mol. The lowest BCUT2D eigenvalue weighted by Crippen LogP contribution is -2.45. The van der Waals surface area contributed by atoms with Crippen molar-refractivity contribution in [2.45, 2.75) is 19.5 Å². The van der Waals surface area contributed by atoms with E-state index in [4.69, 9.17) is 11.6 Å². The molecule has 1 heterocycles. The average molecular weight is 462 g/mol. The molecule has 1 aliphatic heterocycles. The Hall–Kier alpha value is -3.64. The third-order valence-electron chi connectivity index (χ3n) is 5.86. The molecule has 33 heavy (non-hydrogen) atoms. The summed E-state index contributed by atoms with van der Waals surface area (Å²) >= 11 is 5.89. The van der Waals surface area contributed by atoms with E-state index >= 15 is 0 Å². The zero-order valence-electron chi connectivity index (χ0n) is 18.3. The Morgan fingerprint density at radius 3 is 2.30 bits per heavy atom. The van der Waals surface area contributed by atoms with E-state index in [1.165, 1.54) is 6.92 Å². The lowest BCUT2D eigenvalue weighted by molar-refractivity contribution is -0.136. The molecule has 168 valence electrons. The van der Waals surface area contributed by atoms with Gasteiger partial charge in [0.2, 0.25) is 11.8 Å². The van der Waals surface area contributed by atoms with Crippen molar-refractivity contribution in [1.29, 1.82) is 0 Å². The number of fused-ring (bicyclic) bond motifs is 3. The van der Waals surface area contributed by atoms with E-state index < -0.39 is 23.8 Å². The number of anilines is 1. The second kappa shape index (κ2) is 9.46. The van der Waals surface area contributed by atoms with Gasteiger partial charge in [-0.2, -0.15) is 0 Å². The molecule has 1 aliphatic rings. The van der Waals surface area contributed by atoms with Gasteiger partial charge in [0.1, 0.15) is 12.0 Å². The van der Waals surface area contributed by atoms with Crippen LogP contribution in [0.4, 0.5) is 5.69 Å². The standard InChI is InChI=1S/C26H24ClN3O3/c1-16(24(31)28-15-17-11-13-18(27)14-12-17)25(32)29-23-21-9-4-3-7-19(21)20-8-5-6-10-22(20)30(2)26(23)33/h3-14,16,23H,15H2,1-2H3,(H,28,31)(H,29,32)/t16-,23-/m0/s1. The summed E-state index contributed by atoms with van der Waals surface area (Å²) in [6.07, 6.45) is 0. The highest BCUT2D eigenvalue weighted by Gasteiger charge is 2.34. The van der Waals surface area contributed by atoms with E-state index in [9.17, 15) is 14.4 Å². The molecule has 3 amide bonds. The van der Waals surface area contributed by atoms with E-state index in [0.29, 0.717) is 10.6 Å². The third-order valence-corrected chi connectivity index (χ3v) is 6.11. The monoisotopic (exact) mass is 461 g/mol. The minimum atomic E-state index is -0.979. The van der Waals surface area contributed by atoms with Crippen LogP contribution in [0.3, 0.4) is 0 Å². The van der Waals surface area contributed by atoms with Crippen LogP contribution in [-0.4, -0.2) is 24.8 Å². The number of hydrogen-bond donors (Lipinski definition) is 2. The summed E-state index contributed by atoms with van der Waals surface area (Å²) in [6.45, 7) is 1.80. The van der Waals surface area contributed by atoms with Gasteiger partial charge in [-0.05, 0) is 41.8 Å². The fourth-order valence-corrected chi connectivity index (χ4v) is 4.03. The predicted octanol–water partition coefficient (Wildman–Crippen LogP) is 4.09. The molecule has 0 saturated heterocycles. The summed E-state index contributed by atoms with van der Waals surface area (Å²) in [4.78, 5) is 40.5. The molecule has 0 saturated carbocycles. The van der Waals surface area contributed by atoms with Crippen LogP contribution < -0.4 is 15.5 Å². The van der Waals surface area contributed by atoms with Gasteiger partial charge in [0, 0.05) is 24.2 Å². The van der Waals surface area contributed by atoms with Gasteiger partial charge in [0.15, 0.2) is 0 Å². The number of amides is 3. The zero-order chi connectivity index (χ0) is 23.5. The van der Waals surface area contributed by atoms with E-state index in [1.54, 1.807) is 24.1 Å². The van der Waals surface area contributed by atoms with Crippen molar-refractivity contribution in [2.75, 3.05) is 11.9 Å². The second-order valence-corrected chi connectivity index (χ2v) is 8.45. The maximum absolute atomic E-state index is 13.3. The van der Waals surface area contributed by atoms with Crippen LogP contribution in [0.5, 0.6) is 0 Å². The number of hydrogen-bond acceptors (Lipinski definition) is 3. The molecule has 0 aliphatic carbocycles. The molecule has 4 rings (SSSR count). The highest BCUT2D eigenvalue weighted by atomic mass is 35.5. The van der Waals surface area contributed by atoms with Crippen molar-refractivity contribution in [3.63, 3.8) is 0 Å². The number of halogens is 1. The highest BCUT2D eigenvalue weighted by Crippen LogP contribution is 2.39. The topological polar surface area (TPSA) is 78.5 Å². The van der Waals surface area contributed by atoms with Crippen LogP contribution in [0.1, 0.15) is 24.1 Å². The summed E-state index contributed by atoms with van der Waals surface area (Å²) in [7, 11) is 1.69. The fraction of sp³-hybridized carbons (Fsp3) is 0.192. The summed E-state index contributed by atoms with van der Waals surface area (Å²) in [5, 5.41) is 6.18. The Kier molecular flexibility index (Phi) is 6.47. The van der Waals surface area contributed by atoms with Crippen molar-refractivity contribution in [2.24, 2.45) is 5.92 Å². The minimum absolute atomic E-state index is 0.269. The van der Waals surface area contributed by atoms with Crippen LogP contribution in [0.25, 0.3) is 11.1 Å². The quantitative estimate of drug-likeness (QED) is 0.562. The summed E-state index contributed by atoms with van der Waals surface area (Å²) < 4.78 is 0. The van der Waals surface area contributed by atoms with E-state index in [0.717, 1.165) is 22.4 Å². The molecule has 2 N–H and O–H groups in total. The van der Waals surface area contributed by atoms with Gasteiger partial charge in [-0.3, -0.25) is 14.4 Å². The Balaban J connectivity index is 1.52. The Morgan fingerprint density at radius 1 is 0.939 bits per heavy atom. The van der Waals surface area contributed by atoms with Crippen molar-refractivity contribution >= 4 is 35.0 Å². The Morgan fingerprint density at radius 2 is 1.58 bits per heavy atom. The van der Waals surface area contributed by atoms with E-state index in [1.807, 2.05) is 60.7 Å². The third kappa shape index (κ3) is 4.61. The smallest absolute Gasteiger partial charge is 0.253 e. The van der Waals surface area contributed by atoms with Crippen molar-refractivity contribution in [3.05, 3.63) is 88.9 Å². The van der Waals surface area contributed by atoms with Crippen LogP contribution in [0.15, 0.2) is 72.8 Å². The molecule has 7 heteroatoms. The van der Waals surface area contributed by atoms with Gasteiger partial charge >= 0.3 is 0 Å². The Labute approximate surface area is 197 Å². The molecule has 3 aromatic carbocycles. The molecule has 0 bridgehead atoms. The number of nitrogens with one attached hydrogen (secondary N) is 2. The number of likely N-dealkylation sites (N-methyl/N-ethyl adjacent to an activating group) is 1. The van der Waals surface area contributed by atoms with E-state index in [2.05, 4.69) is 10.6 Å². The van der Waals surface area contributed by atoms with Crippen LogP contribution in [-0.2, 0) is 20.9 Å². The van der Waals surface area contributed by atoms with Gasteiger partial charge in [-0.25, -0.2) is 0 Å². The molecule has 6 nitrogen and oxygen atoms in total. The molecule has 3 aromatic rings. The van der Waals surface area contributed by atoms with Crippen LogP contribution >= 0.6 is 11.6 Å². The lowest BCUT2D eigenvalue weighted by Gasteiger charge is -2.24. The summed E-state index contributed by atoms with van der Waals surface area (Å²) in [5.41, 5.74) is 4.11. The van der Waals surface area contributed by atoms with Gasteiger partial charge in [-0.1, -0.05) is 66.2 Å². The van der Waals surface area contributed by atoms with Gasteiger partial charge in [0.25, 0.3) is 5.91 Å². The lowest BCUT2D eigenvalue weighted by atomic mass is 9.95. The Bertz CT molecular complexity index is 1210. The molecular formula is C26H24ClN3O3. The molecular weight excluding hydrogens is 438 g/mol. The van der Waals surface area contributed by atoms with Crippen molar-refractivity contribution in [3.8, 4) is 11.1 Å². The van der Waals surface area contributed by atoms with Crippen LogP contribution in [0, 0.1) is 5.92 Å². The molecule has 0 spiro atoms. The van der Waals surface area contributed by atoms with Gasteiger partial charge < -0.3 is 15.5 Å². The number of carbonyl (C=O) groups excluding carboxylic acids is 3. The fourth-order valence-electron chi connectivity index (χ4n) is 3.90. The maximum Gasteiger partial charge on any atom is 0.253 e. The highest BCUT2D eigenvalue weighted by molar-refractivity contribution is 6.30. The summed E-state index contributed by atoms with van der Waals surface area (Å²) in [6, 6.07) is 21.3. The number of benzene rings is 3. The molecule has 0 radical (unpaired) electrons. The van der Waals surface area contributed by atoms with Gasteiger partial charge in [0.05, 0.1) is 5.69 Å². The first-order valence-corrected chi connectivity index (χ1v) is 11.0. The second-order valence-electron chi connectivity index (χ2n) is 8.01. The van der Waals surface area contributed by atoms with Crippen LogP contribution in [0.2, 0.25) is 5.02 Å². The minimum Gasteiger partial charge on any atom is -0.351 e. The number of carbonyl (C=O) groups is 3. The molecule has 2 atom stereocenters. The number of para-hydroxylation sites is 1. The average Bonchev–Trinajstić information content (AvgIpc) is 2.93. The number of rotatable bonds is 5. The SMILES string of the molecule is C[C@@H](C(=O)NCc1ccc(Cl)cc1)C(=O)N[C@@H]1C(=O)N(C)c2ccccc2-c2ccccc21. The molecule has 0 aromatic heterocycles. The normalized spacial score (nSPS) is 15.7. The first kappa shape index (κ1) is 22.6. The first-order chi connectivity index (χ1) is 15.9.